The van der Waals surface area contributed by atoms with E-state index in [2.05, 4.69) is 10.3 Å². The van der Waals surface area contributed by atoms with Gasteiger partial charge in [0.1, 0.15) is 10.5 Å². The first-order chi connectivity index (χ1) is 15.6. The number of alkyl halides is 3. The van der Waals surface area contributed by atoms with Gasteiger partial charge in [0, 0.05) is 42.3 Å². The number of nitrogens with zero attached hydrogens (tertiary/aromatic N) is 3. The fourth-order valence-corrected chi connectivity index (χ4v) is 4.94. The number of aromatic nitrogens is 1. The molecule has 174 valence electrons. The zero-order chi connectivity index (χ0) is 23.8. The van der Waals surface area contributed by atoms with Crippen molar-refractivity contribution in [1.29, 1.82) is 0 Å². The molecule has 11 heteroatoms. The molecule has 0 saturated carbocycles. The summed E-state index contributed by atoms with van der Waals surface area (Å²) in [4.78, 5) is 33.3. The molecule has 1 fully saturated rings. The van der Waals surface area contributed by atoms with Crippen molar-refractivity contribution in [2.45, 2.75) is 19.5 Å². The van der Waals surface area contributed by atoms with Crippen LogP contribution in [0.1, 0.15) is 27.3 Å². The molecule has 0 unspecified atom stereocenters. The van der Waals surface area contributed by atoms with E-state index >= 15 is 0 Å². The summed E-state index contributed by atoms with van der Waals surface area (Å²) in [6, 6.07) is 8.79. The van der Waals surface area contributed by atoms with Crippen LogP contribution >= 0.6 is 22.9 Å². The zero-order valence-corrected chi connectivity index (χ0v) is 19.2. The average Bonchev–Trinajstić information content (AvgIpc) is 2.94. The van der Waals surface area contributed by atoms with E-state index in [1.165, 1.54) is 6.07 Å². The van der Waals surface area contributed by atoms with Crippen LogP contribution in [0.3, 0.4) is 0 Å². The Balaban J connectivity index is 1.46. The number of thiophene rings is 1. The van der Waals surface area contributed by atoms with E-state index in [-0.39, 0.29) is 16.8 Å². The van der Waals surface area contributed by atoms with Gasteiger partial charge in [-0.3, -0.25) is 4.79 Å². The first-order valence-corrected chi connectivity index (χ1v) is 11.4. The van der Waals surface area contributed by atoms with Gasteiger partial charge in [-0.05, 0) is 55.3 Å². The van der Waals surface area contributed by atoms with Gasteiger partial charge < -0.3 is 15.1 Å². The molecule has 0 aliphatic carbocycles. The van der Waals surface area contributed by atoms with Crippen molar-refractivity contribution < 1.29 is 22.8 Å². The lowest BCUT2D eigenvalue weighted by atomic mass is 10.1. The number of pyridine rings is 1. The largest absolute Gasteiger partial charge is 0.433 e. The smallest absolute Gasteiger partial charge is 0.336 e. The van der Waals surface area contributed by atoms with Crippen LogP contribution in [-0.2, 0) is 6.18 Å². The second-order valence-corrected chi connectivity index (χ2v) is 9.11. The first kappa shape index (κ1) is 23.3. The van der Waals surface area contributed by atoms with Crippen molar-refractivity contribution in [1.82, 2.24) is 14.8 Å². The highest BCUT2D eigenvalue weighted by atomic mass is 35.5. The molecule has 4 rings (SSSR count). The number of aryl methyl sites for hydroxylation is 1. The molecule has 1 N–H and O–H groups in total. The van der Waals surface area contributed by atoms with Crippen molar-refractivity contribution in [3.63, 3.8) is 0 Å². The van der Waals surface area contributed by atoms with Crippen LogP contribution in [0.4, 0.5) is 23.7 Å². The van der Waals surface area contributed by atoms with Crippen molar-refractivity contribution >= 4 is 50.8 Å². The monoisotopic (exact) mass is 496 g/mol. The zero-order valence-electron chi connectivity index (χ0n) is 17.6. The molecule has 33 heavy (non-hydrogen) atoms. The van der Waals surface area contributed by atoms with Gasteiger partial charge in [0.2, 0.25) is 0 Å². The molecule has 3 heterocycles. The molecular formula is C22H20ClF3N4O2S. The summed E-state index contributed by atoms with van der Waals surface area (Å²) in [5.74, 6) is -0.260. The van der Waals surface area contributed by atoms with Crippen LogP contribution < -0.4 is 5.32 Å². The summed E-state index contributed by atoms with van der Waals surface area (Å²) in [5, 5.41) is 3.92. The number of amides is 3. The highest BCUT2D eigenvalue weighted by molar-refractivity contribution is 7.20. The number of fused-ring (bicyclic) bond motifs is 1. The molecular weight excluding hydrogens is 477 g/mol. The van der Waals surface area contributed by atoms with Gasteiger partial charge in [-0.2, -0.15) is 13.2 Å². The summed E-state index contributed by atoms with van der Waals surface area (Å²) in [5.41, 5.74) is 0.253. The van der Waals surface area contributed by atoms with E-state index in [1.807, 2.05) is 0 Å². The molecule has 3 amide bonds. The molecule has 0 radical (unpaired) electrons. The lowest BCUT2D eigenvalue weighted by Crippen LogP contribution is -2.39. The molecule has 1 aliphatic rings. The Hall–Kier alpha value is -2.85. The highest BCUT2D eigenvalue weighted by Crippen LogP contribution is 2.34. The van der Waals surface area contributed by atoms with E-state index in [0.717, 1.165) is 17.4 Å². The van der Waals surface area contributed by atoms with Crippen molar-refractivity contribution in [2.75, 3.05) is 31.5 Å². The first-order valence-electron chi connectivity index (χ1n) is 10.2. The fourth-order valence-electron chi connectivity index (χ4n) is 3.66. The molecule has 1 aromatic carbocycles. The number of carbonyl (C=O) groups is 2. The highest BCUT2D eigenvalue weighted by Gasteiger charge is 2.33. The Bertz CT molecular complexity index is 1200. The number of nitrogens with one attached hydrogen (secondary N) is 1. The van der Waals surface area contributed by atoms with Crippen LogP contribution in [0.2, 0.25) is 5.02 Å². The maximum Gasteiger partial charge on any atom is 0.433 e. The van der Waals surface area contributed by atoms with E-state index in [4.69, 9.17) is 11.6 Å². The number of hydrogen-bond donors (Lipinski definition) is 1. The van der Waals surface area contributed by atoms with Crippen LogP contribution in [0, 0.1) is 6.92 Å². The minimum atomic E-state index is -4.54. The van der Waals surface area contributed by atoms with Gasteiger partial charge in [0.05, 0.1) is 4.88 Å². The minimum Gasteiger partial charge on any atom is -0.336 e. The summed E-state index contributed by atoms with van der Waals surface area (Å²) < 4.78 is 39.0. The molecule has 1 saturated heterocycles. The normalized spacial score (nSPS) is 14.9. The Labute approximate surface area is 197 Å². The standard InChI is InChI=1S/C22H20ClF3N4O2S/c1-13-16-7-8-17(22(24,25)26)28-19(16)33-18(13)20(31)29-9-2-10-30(12-11-29)21(32)27-15-5-3-14(23)4-6-15/h3-8H,2,9-12H2,1H3,(H,27,32). The molecule has 3 aromatic rings. The molecule has 1 aliphatic heterocycles. The average molecular weight is 497 g/mol. The maximum absolute atomic E-state index is 13.2. The van der Waals surface area contributed by atoms with Gasteiger partial charge in [0.25, 0.3) is 5.91 Å². The van der Waals surface area contributed by atoms with E-state index in [9.17, 15) is 22.8 Å². The van der Waals surface area contributed by atoms with E-state index < -0.39 is 11.9 Å². The summed E-state index contributed by atoms with van der Waals surface area (Å²) in [7, 11) is 0. The molecule has 0 atom stereocenters. The van der Waals surface area contributed by atoms with Crippen molar-refractivity contribution in [3.8, 4) is 0 Å². The van der Waals surface area contributed by atoms with Crippen LogP contribution in [-0.4, -0.2) is 52.9 Å². The van der Waals surface area contributed by atoms with Gasteiger partial charge in [-0.1, -0.05) is 11.6 Å². The van der Waals surface area contributed by atoms with E-state index in [1.54, 1.807) is 41.0 Å². The Morgan fingerprint density at radius 2 is 1.70 bits per heavy atom. The van der Waals surface area contributed by atoms with Gasteiger partial charge in [-0.15, -0.1) is 11.3 Å². The third-order valence-electron chi connectivity index (χ3n) is 5.45. The number of carbonyl (C=O) groups excluding carboxylic acids is 2. The van der Waals surface area contributed by atoms with Crippen molar-refractivity contribution in [3.05, 3.63) is 57.6 Å². The number of anilines is 1. The summed E-state index contributed by atoms with van der Waals surface area (Å²) >= 11 is 6.83. The van der Waals surface area contributed by atoms with Gasteiger partial charge >= 0.3 is 12.2 Å². The molecule has 0 bridgehead atoms. The van der Waals surface area contributed by atoms with Crippen LogP contribution in [0.5, 0.6) is 0 Å². The molecule has 2 aromatic heterocycles. The topological polar surface area (TPSA) is 65.5 Å². The molecule has 6 nitrogen and oxygen atoms in total. The number of hydrogen-bond acceptors (Lipinski definition) is 4. The predicted molar refractivity (Wildman–Crippen MR) is 122 cm³/mol. The number of urea groups is 1. The summed E-state index contributed by atoms with van der Waals surface area (Å²) in [6.45, 7) is 3.29. The van der Waals surface area contributed by atoms with Gasteiger partial charge in [-0.25, -0.2) is 9.78 Å². The number of halogens is 4. The summed E-state index contributed by atoms with van der Waals surface area (Å²) in [6.07, 6.45) is -3.96. The SMILES string of the molecule is Cc1c(C(=O)N2CCCN(C(=O)Nc3ccc(Cl)cc3)CC2)sc2nc(C(F)(F)F)ccc12. The minimum absolute atomic E-state index is 0.185. The Morgan fingerprint density at radius 1 is 1.03 bits per heavy atom. The lowest BCUT2D eigenvalue weighted by molar-refractivity contribution is -0.140. The van der Waals surface area contributed by atoms with Gasteiger partial charge in [0.15, 0.2) is 0 Å². The Kier molecular flexibility index (Phi) is 6.49. The number of rotatable bonds is 2. The van der Waals surface area contributed by atoms with Crippen LogP contribution in [0.15, 0.2) is 36.4 Å². The number of benzene rings is 1. The van der Waals surface area contributed by atoms with E-state index in [0.29, 0.717) is 59.1 Å². The third kappa shape index (κ3) is 5.06. The van der Waals surface area contributed by atoms with Crippen molar-refractivity contribution in [2.24, 2.45) is 0 Å². The quantitative estimate of drug-likeness (QED) is 0.498. The third-order valence-corrected chi connectivity index (χ3v) is 6.90. The fraction of sp³-hybridized carbons (Fsp3) is 0.318. The molecule has 0 spiro atoms. The second kappa shape index (κ2) is 9.18. The second-order valence-electron chi connectivity index (χ2n) is 7.67. The Morgan fingerprint density at radius 3 is 2.39 bits per heavy atom. The maximum atomic E-state index is 13.2. The predicted octanol–water partition coefficient (Wildman–Crippen LogP) is 5.66. The van der Waals surface area contributed by atoms with Crippen LogP contribution in [0.25, 0.3) is 10.2 Å². The lowest BCUT2D eigenvalue weighted by Gasteiger charge is -2.22.